The van der Waals surface area contributed by atoms with E-state index in [0.29, 0.717) is 6.04 Å². The average molecular weight is 239 g/mol. The second-order valence-electron chi connectivity index (χ2n) is 6.07. The Hall–Kier alpha value is -0.0800. The van der Waals surface area contributed by atoms with Gasteiger partial charge in [-0.25, -0.2) is 0 Å². The van der Waals surface area contributed by atoms with Crippen LogP contribution in [0.2, 0.25) is 0 Å². The highest BCUT2D eigenvalue weighted by molar-refractivity contribution is 4.98. The van der Waals surface area contributed by atoms with Gasteiger partial charge in [-0.05, 0) is 37.5 Å². The topological polar surface area (TPSA) is 21.3 Å². The van der Waals surface area contributed by atoms with Crippen LogP contribution < -0.4 is 5.32 Å². The molecule has 0 bridgehead atoms. The molecule has 1 aliphatic carbocycles. The van der Waals surface area contributed by atoms with Gasteiger partial charge in [-0.15, -0.1) is 0 Å². The van der Waals surface area contributed by atoms with Gasteiger partial charge < -0.3 is 10.1 Å². The Kier molecular flexibility index (Phi) is 4.48. The SMILES string of the molecule is CCC1(CC)OCCNC1C1CCC(C)CC1. The third-order valence-electron chi connectivity index (χ3n) is 5.15. The summed E-state index contributed by atoms with van der Waals surface area (Å²) in [7, 11) is 0. The minimum Gasteiger partial charge on any atom is -0.372 e. The lowest BCUT2D eigenvalue weighted by atomic mass is 9.71. The van der Waals surface area contributed by atoms with Crippen LogP contribution in [0.4, 0.5) is 0 Å². The molecule has 1 saturated heterocycles. The second kappa shape index (κ2) is 5.71. The van der Waals surface area contributed by atoms with Crippen LogP contribution in [0.15, 0.2) is 0 Å². The van der Waals surface area contributed by atoms with Gasteiger partial charge in [0.2, 0.25) is 0 Å². The van der Waals surface area contributed by atoms with E-state index in [1.807, 2.05) is 0 Å². The van der Waals surface area contributed by atoms with E-state index in [9.17, 15) is 0 Å². The molecule has 0 spiro atoms. The van der Waals surface area contributed by atoms with Crippen molar-refractivity contribution in [3.63, 3.8) is 0 Å². The predicted octanol–water partition coefficient (Wildman–Crippen LogP) is 3.36. The summed E-state index contributed by atoms with van der Waals surface area (Å²) < 4.78 is 6.19. The van der Waals surface area contributed by atoms with Crippen LogP contribution in [0.5, 0.6) is 0 Å². The van der Waals surface area contributed by atoms with Crippen molar-refractivity contribution in [1.82, 2.24) is 5.32 Å². The smallest absolute Gasteiger partial charge is 0.0832 e. The summed E-state index contributed by atoms with van der Waals surface area (Å²) >= 11 is 0. The molecule has 2 heteroatoms. The van der Waals surface area contributed by atoms with Crippen LogP contribution in [-0.2, 0) is 4.74 Å². The molecule has 1 unspecified atom stereocenters. The standard InChI is InChI=1S/C15H29NO/c1-4-15(5-2)14(16-10-11-17-15)13-8-6-12(3)7-9-13/h12-14,16H,4-11H2,1-3H3. The maximum absolute atomic E-state index is 6.19. The van der Waals surface area contributed by atoms with Crippen molar-refractivity contribution >= 4 is 0 Å². The third-order valence-corrected chi connectivity index (χ3v) is 5.15. The molecule has 0 radical (unpaired) electrons. The van der Waals surface area contributed by atoms with Crippen LogP contribution in [0.3, 0.4) is 0 Å². The lowest BCUT2D eigenvalue weighted by molar-refractivity contribution is -0.119. The zero-order valence-electron chi connectivity index (χ0n) is 11.8. The van der Waals surface area contributed by atoms with Gasteiger partial charge in [-0.3, -0.25) is 0 Å². The normalized spacial score (nSPS) is 37.9. The van der Waals surface area contributed by atoms with Crippen molar-refractivity contribution < 1.29 is 4.74 Å². The van der Waals surface area contributed by atoms with E-state index in [4.69, 9.17) is 4.74 Å². The number of morpholine rings is 1. The van der Waals surface area contributed by atoms with Gasteiger partial charge in [-0.1, -0.05) is 33.6 Å². The van der Waals surface area contributed by atoms with Crippen molar-refractivity contribution in [2.24, 2.45) is 11.8 Å². The highest BCUT2D eigenvalue weighted by Gasteiger charge is 2.43. The monoisotopic (exact) mass is 239 g/mol. The molecular weight excluding hydrogens is 210 g/mol. The molecule has 1 N–H and O–H groups in total. The van der Waals surface area contributed by atoms with E-state index in [1.165, 1.54) is 25.7 Å². The number of hydrogen-bond donors (Lipinski definition) is 1. The zero-order chi connectivity index (χ0) is 12.3. The lowest BCUT2D eigenvalue weighted by Crippen LogP contribution is -2.61. The molecule has 0 aromatic rings. The van der Waals surface area contributed by atoms with Gasteiger partial charge in [0.25, 0.3) is 0 Å². The van der Waals surface area contributed by atoms with Crippen LogP contribution in [0.25, 0.3) is 0 Å². The fourth-order valence-electron chi connectivity index (χ4n) is 3.85. The quantitative estimate of drug-likeness (QED) is 0.815. The highest BCUT2D eigenvalue weighted by Crippen LogP contribution is 2.38. The number of ether oxygens (including phenoxy) is 1. The summed E-state index contributed by atoms with van der Waals surface area (Å²) in [6, 6.07) is 0.596. The van der Waals surface area contributed by atoms with Gasteiger partial charge in [0.15, 0.2) is 0 Å². The van der Waals surface area contributed by atoms with E-state index in [-0.39, 0.29) is 5.60 Å². The van der Waals surface area contributed by atoms with Gasteiger partial charge in [0, 0.05) is 12.6 Å². The predicted molar refractivity (Wildman–Crippen MR) is 72.2 cm³/mol. The Morgan fingerprint density at radius 3 is 2.35 bits per heavy atom. The molecule has 1 heterocycles. The zero-order valence-corrected chi connectivity index (χ0v) is 11.8. The maximum Gasteiger partial charge on any atom is 0.0832 e. The minimum atomic E-state index is 0.115. The first-order chi connectivity index (χ1) is 8.22. The Bertz CT molecular complexity index is 229. The molecule has 2 fully saturated rings. The van der Waals surface area contributed by atoms with Gasteiger partial charge in [-0.2, -0.15) is 0 Å². The van der Waals surface area contributed by atoms with E-state index in [2.05, 4.69) is 26.1 Å². The number of hydrogen-bond acceptors (Lipinski definition) is 2. The van der Waals surface area contributed by atoms with Crippen molar-refractivity contribution in [1.29, 1.82) is 0 Å². The van der Waals surface area contributed by atoms with E-state index in [0.717, 1.165) is 37.8 Å². The summed E-state index contributed by atoms with van der Waals surface area (Å²) in [5.74, 6) is 1.78. The molecule has 1 atom stereocenters. The van der Waals surface area contributed by atoms with Crippen molar-refractivity contribution in [2.45, 2.75) is 70.9 Å². The van der Waals surface area contributed by atoms with Gasteiger partial charge in [0.05, 0.1) is 12.2 Å². The first kappa shape index (κ1) is 13.4. The molecule has 2 rings (SSSR count). The summed E-state index contributed by atoms with van der Waals surface area (Å²) in [4.78, 5) is 0. The van der Waals surface area contributed by atoms with Crippen LogP contribution in [-0.4, -0.2) is 24.8 Å². The molecule has 0 aromatic carbocycles. The van der Waals surface area contributed by atoms with Gasteiger partial charge >= 0.3 is 0 Å². The summed E-state index contributed by atoms with van der Waals surface area (Å²) in [5.41, 5.74) is 0.115. The Labute approximate surface area is 107 Å². The molecule has 2 nitrogen and oxygen atoms in total. The largest absolute Gasteiger partial charge is 0.372 e. The summed E-state index contributed by atoms with van der Waals surface area (Å²) in [6.45, 7) is 8.90. The molecule has 100 valence electrons. The third kappa shape index (κ3) is 2.68. The first-order valence-corrected chi connectivity index (χ1v) is 7.59. The molecule has 0 aromatic heterocycles. The van der Waals surface area contributed by atoms with Crippen LogP contribution in [0.1, 0.15) is 59.3 Å². The van der Waals surface area contributed by atoms with E-state index in [1.54, 1.807) is 0 Å². The van der Waals surface area contributed by atoms with Crippen molar-refractivity contribution in [2.75, 3.05) is 13.2 Å². The Balaban J connectivity index is 2.05. The first-order valence-electron chi connectivity index (χ1n) is 7.59. The van der Waals surface area contributed by atoms with Crippen molar-refractivity contribution in [3.8, 4) is 0 Å². The maximum atomic E-state index is 6.19. The molecular formula is C15H29NO. The Morgan fingerprint density at radius 2 is 1.76 bits per heavy atom. The van der Waals surface area contributed by atoms with E-state index >= 15 is 0 Å². The summed E-state index contributed by atoms with van der Waals surface area (Å²) in [6.07, 6.45) is 7.90. The second-order valence-corrected chi connectivity index (χ2v) is 6.07. The lowest BCUT2D eigenvalue weighted by Gasteiger charge is -2.48. The minimum absolute atomic E-state index is 0.115. The fourth-order valence-corrected chi connectivity index (χ4v) is 3.85. The molecule has 17 heavy (non-hydrogen) atoms. The number of rotatable bonds is 3. The van der Waals surface area contributed by atoms with Crippen LogP contribution in [0, 0.1) is 11.8 Å². The fraction of sp³-hybridized carbons (Fsp3) is 1.00. The van der Waals surface area contributed by atoms with Gasteiger partial charge in [0.1, 0.15) is 0 Å². The van der Waals surface area contributed by atoms with E-state index < -0.39 is 0 Å². The molecule has 2 aliphatic rings. The highest BCUT2D eigenvalue weighted by atomic mass is 16.5. The van der Waals surface area contributed by atoms with Crippen LogP contribution >= 0.6 is 0 Å². The molecule has 1 aliphatic heterocycles. The summed E-state index contributed by atoms with van der Waals surface area (Å²) in [5, 5.41) is 3.77. The Morgan fingerprint density at radius 1 is 1.12 bits per heavy atom. The molecule has 0 amide bonds. The average Bonchev–Trinajstić information content (AvgIpc) is 2.39. The van der Waals surface area contributed by atoms with Crippen molar-refractivity contribution in [3.05, 3.63) is 0 Å². The number of nitrogens with one attached hydrogen (secondary N) is 1. The molecule has 1 saturated carbocycles.